The van der Waals surface area contributed by atoms with Crippen LogP contribution in [0.5, 0.6) is 0 Å². The molecular weight excluding hydrogens is 1270 g/mol. The third kappa shape index (κ3) is 32.4. The van der Waals surface area contributed by atoms with E-state index in [4.69, 9.17) is 9.47 Å². The van der Waals surface area contributed by atoms with Crippen LogP contribution in [-0.4, -0.2) is 72.5 Å². The van der Waals surface area contributed by atoms with Crippen LogP contribution in [0.15, 0.2) is 50.8 Å². The fourth-order valence-electron chi connectivity index (χ4n) is 8.71. The first kappa shape index (κ1) is 72.7. The lowest BCUT2D eigenvalue weighted by Crippen LogP contribution is -2.02. The SMILES string of the molecule is CCCCCCCCCCSC1=C(SCCCCCCCCCC)SC(=C2SC3=C(SCCOCCSC4=C(SCCOCCS3)SC(=C3SC(SCCCCCCCCCC)=C(SCCCCCCCCCC)S3)S4)S2)S1. The van der Waals surface area contributed by atoms with Crippen molar-refractivity contribution in [1.29, 1.82) is 0 Å². The minimum atomic E-state index is 0.798. The Morgan fingerprint density at radius 2 is 0.436 bits per heavy atom. The fourth-order valence-corrected chi connectivity index (χ4v) is 32.7. The van der Waals surface area contributed by atoms with Crippen LogP contribution in [-0.2, 0) is 9.47 Å². The third-order valence-corrected chi connectivity index (χ3v) is 36.6. The predicted molar refractivity (Wildman–Crippen MR) is 395 cm³/mol. The Balaban J connectivity index is 1.09. The highest BCUT2D eigenvalue weighted by atomic mass is 32.3. The van der Waals surface area contributed by atoms with Gasteiger partial charge in [-0.2, -0.15) is 0 Å². The summed E-state index contributed by atoms with van der Waals surface area (Å²) in [7, 11) is 0. The Morgan fingerprint density at radius 3 is 0.654 bits per heavy atom. The summed E-state index contributed by atoms with van der Waals surface area (Å²) >= 11 is 33.2. The zero-order valence-corrected chi connectivity index (χ0v) is 61.5. The maximum atomic E-state index is 6.40. The fraction of sp³-hybridized carbons (Fsp3) is 0.800. The Kier molecular flexibility index (Phi) is 46.4. The van der Waals surface area contributed by atoms with Gasteiger partial charge in [-0.25, -0.2) is 0 Å². The maximum absolute atomic E-state index is 6.40. The average molecular weight is 1370 g/mol. The molecule has 0 aromatic rings. The molecule has 0 unspecified atom stereocenters. The normalized spacial score (nSPS) is 18.6. The number of rotatable bonds is 40. The minimum absolute atomic E-state index is 0.798. The second-order valence-corrected chi connectivity index (χ2v) is 40.3. The lowest BCUT2D eigenvalue weighted by Gasteiger charge is -2.09. The van der Waals surface area contributed by atoms with Crippen LogP contribution in [0.25, 0.3) is 0 Å². The third-order valence-electron chi connectivity index (χ3n) is 13.3. The van der Waals surface area contributed by atoms with E-state index in [-0.39, 0.29) is 0 Å². The number of unbranched alkanes of at least 4 members (excludes halogenated alkanes) is 28. The summed E-state index contributed by atoms with van der Waals surface area (Å²) in [5.41, 5.74) is 0. The van der Waals surface area contributed by atoms with Gasteiger partial charge in [0.2, 0.25) is 0 Å². The maximum Gasteiger partial charge on any atom is 0.0717 e. The van der Waals surface area contributed by atoms with E-state index in [0.29, 0.717) is 0 Å². The second-order valence-electron chi connectivity index (χ2n) is 20.2. The van der Waals surface area contributed by atoms with Crippen LogP contribution in [0.1, 0.15) is 233 Å². The molecule has 0 aromatic heterocycles. The van der Waals surface area contributed by atoms with E-state index in [0.717, 1.165) is 49.4 Å². The average Bonchev–Trinajstić information content (AvgIpc) is 4.27. The van der Waals surface area contributed by atoms with Gasteiger partial charge in [-0.15, -0.1) is 94.1 Å². The highest BCUT2D eigenvalue weighted by Crippen LogP contribution is 2.68. The molecule has 0 radical (unpaired) electrons. The first-order chi connectivity index (χ1) is 38.6. The van der Waals surface area contributed by atoms with Gasteiger partial charge < -0.3 is 9.47 Å². The van der Waals surface area contributed by atoms with Crippen molar-refractivity contribution in [2.45, 2.75) is 233 Å². The van der Waals surface area contributed by atoms with Gasteiger partial charge in [0.1, 0.15) is 0 Å². The van der Waals surface area contributed by atoms with Crippen molar-refractivity contribution < 1.29 is 9.47 Å². The highest BCUT2D eigenvalue weighted by molar-refractivity contribution is 8.46. The van der Waals surface area contributed by atoms with Gasteiger partial charge in [-0.05, 0) is 48.7 Å². The monoisotopic (exact) mass is 1360 g/mol. The van der Waals surface area contributed by atoms with Crippen molar-refractivity contribution in [3.8, 4) is 0 Å². The molecule has 0 bridgehead atoms. The molecule has 0 saturated carbocycles. The van der Waals surface area contributed by atoms with Crippen molar-refractivity contribution in [3.05, 3.63) is 50.8 Å². The summed E-state index contributed by atoms with van der Waals surface area (Å²) in [6.07, 6.45) is 44.5. The first-order valence-electron chi connectivity index (χ1n) is 30.7. The zero-order valence-electron chi connectivity index (χ0n) is 48.5. The summed E-state index contributed by atoms with van der Waals surface area (Å²) in [6.45, 7) is 12.5. The van der Waals surface area contributed by atoms with E-state index < -0.39 is 0 Å². The second kappa shape index (κ2) is 49.8. The van der Waals surface area contributed by atoms with Gasteiger partial charge in [0, 0.05) is 23.0 Å². The van der Waals surface area contributed by atoms with Crippen LogP contribution in [0, 0.1) is 0 Å². The molecule has 2 nitrogen and oxygen atoms in total. The van der Waals surface area contributed by atoms with Crippen molar-refractivity contribution >= 4 is 188 Å². The molecule has 5 aliphatic rings. The Morgan fingerprint density at radius 1 is 0.244 bits per heavy atom. The molecule has 0 aromatic carbocycles. The van der Waals surface area contributed by atoms with Crippen LogP contribution in [0.2, 0.25) is 0 Å². The Hall–Kier alpha value is 3.96. The van der Waals surface area contributed by atoms with Crippen molar-refractivity contribution in [2.24, 2.45) is 0 Å². The van der Waals surface area contributed by atoms with E-state index in [1.165, 1.54) is 262 Å². The van der Waals surface area contributed by atoms with E-state index >= 15 is 0 Å². The standard InChI is InChI=1S/C60H100O2S16/c1-5-9-13-17-21-25-29-33-41-63-49-50(64-42-34-30-26-22-18-14-10-6-2)72-57(71-49)59-75-53-54(76-59)68-46-38-62-40-48-70-56-55(69-47-39-61-37-45-67-53)77-60(78-56)58-73-51(65-43-35-31-27-23-19-15-11-7-3)52(74-58)66-44-36-32-28-24-20-16-12-8-4/h5-48H2,1-4H3. The van der Waals surface area contributed by atoms with E-state index in [1.807, 2.05) is 94.1 Å². The molecule has 78 heavy (non-hydrogen) atoms. The number of hydrogen-bond donors (Lipinski definition) is 0. The summed E-state index contributed by atoms with van der Waals surface area (Å²) in [6, 6.07) is 0. The highest BCUT2D eigenvalue weighted by Gasteiger charge is 2.33. The molecule has 0 atom stereocenters. The lowest BCUT2D eigenvalue weighted by molar-refractivity contribution is 0.167. The number of hydrogen-bond acceptors (Lipinski definition) is 18. The molecule has 5 aliphatic heterocycles. The van der Waals surface area contributed by atoms with Gasteiger partial charge in [0.25, 0.3) is 0 Å². The minimum Gasteiger partial charge on any atom is -0.380 e. The zero-order chi connectivity index (χ0) is 54.8. The number of thioether (sulfide) groups is 16. The smallest absolute Gasteiger partial charge is 0.0717 e. The molecular formula is C60H100O2S16. The first-order valence-corrected chi connectivity index (χ1v) is 45.1. The van der Waals surface area contributed by atoms with Gasteiger partial charge in [0.05, 0.1) is 77.3 Å². The van der Waals surface area contributed by atoms with Gasteiger partial charge >= 0.3 is 0 Å². The Bertz CT molecular complexity index is 1570. The van der Waals surface area contributed by atoms with E-state index in [9.17, 15) is 0 Å². The molecule has 0 fully saturated rings. The molecule has 0 amide bonds. The summed E-state index contributed by atoms with van der Waals surface area (Å²) < 4.78 is 31.1. The molecule has 0 spiro atoms. The molecule has 18 heteroatoms. The largest absolute Gasteiger partial charge is 0.380 e. The summed E-state index contributed by atoms with van der Waals surface area (Å²) in [4.78, 5) is 0. The molecule has 0 aliphatic carbocycles. The molecule has 5 rings (SSSR count). The van der Waals surface area contributed by atoms with Crippen LogP contribution in [0.4, 0.5) is 0 Å². The summed E-state index contributed by atoms with van der Waals surface area (Å²) in [5, 5.41) is 0. The topological polar surface area (TPSA) is 18.5 Å². The van der Waals surface area contributed by atoms with Gasteiger partial charge in [-0.3, -0.25) is 0 Å². The van der Waals surface area contributed by atoms with Gasteiger partial charge in [-0.1, -0.05) is 302 Å². The quantitative estimate of drug-likeness (QED) is 0.0542. The molecule has 0 N–H and O–H groups in total. The lowest BCUT2D eigenvalue weighted by atomic mass is 10.1. The molecule has 5 heterocycles. The van der Waals surface area contributed by atoms with Crippen LogP contribution in [0.3, 0.4) is 0 Å². The van der Waals surface area contributed by atoms with Crippen LogP contribution >= 0.6 is 188 Å². The van der Waals surface area contributed by atoms with Crippen molar-refractivity contribution in [2.75, 3.05) is 72.5 Å². The van der Waals surface area contributed by atoms with Crippen LogP contribution < -0.4 is 0 Å². The Labute approximate surface area is 547 Å². The van der Waals surface area contributed by atoms with E-state index in [1.54, 1.807) is 16.9 Å². The summed E-state index contributed by atoms with van der Waals surface area (Å²) in [5.74, 6) is 9.02. The van der Waals surface area contributed by atoms with Crippen molar-refractivity contribution in [3.63, 3.8) is 0 Å². The predicted octanol–water partition coefficient (Wildman–Crippen LogP) is 27.1. The molecule has 448 valence electrons. The van der Waals surface area contributed by atoms with E-state index in [2.05, 4.69) is 122 Å². The number of ether oxygens (including phenoxy) is 2. The molecule has 0 saturated heterocycles. The van der Waals surface area contributed by atoms with Gasteiger partial charge in [0.15, 0.2) is 0 Å². The van der Waals surface area contributed by atoms with Crippen molar-refractivity contribution in [1.82, 2.24) is 0 Å².